The van der Waals surface area contributed by atoms with Gasteiger partial charge in [0.2, 0.25) is 5.95 Å². The Morgan fingerprint density at radius 1 is 1.21 bits per heavy atom. The summed E-state index contributed by atoms with van der Waals surface area (Å²) in [5.74, 6) is 0.758. The van der Waals surface area contributed by atoms with Crippen molar-refractivity contribution in [2.75, 3.05) is 11.1 Å². The Bertz CT molecular complexity index is 519. The summed E-state index contributed by atoms with van der Waals surface area (Å²) in [6.45, 7) is 2.19. The van der Waals surface area contributed by atoms with E-state index in [1.807, 2.05) is 12.1 Å². The van der Waals surface area contributed by atoms with Gasteiger partial charge in [-0.25, -0.2) is 4.98 Å². The van der Waals surface area contributed by atoms with Crippen LogP contribution in [-0.2, 0) is 6.42 Å². The number of nitrogens with two attached hydrogens (primary N) is 1. The average Bonchev–Trinajstić information content (AvgIpc) is 2.37. The number of hydrogen-bond acceptors (Lipinski definition) is 4. The molecule has 19 heavy (non-hydrogen) atoms. The van der Waals surface area contributed by atoms with E-state index in [1.165, 1.54) is 18.4 Å². The molecule has 3 N–H and O–H groups in total. The molecule has 0 amide bonds. The highest BCUT2D eigenvalue weighted by Crippen LogP contribution is 2.19. The first-order chi connectivity index (χ1) is 9.17. The molecule has 1 heterocycles. The van der Waals surface area contributed by atoms with Crippen molar-refractivity contribution < 1.29 is 0 Å². The quantitative estimate of drug-likeness (QED) is 0.816. The van der Waals surface area contributed by atoms with Gasteiger partial charge in [0, 0.05) is 11.8 Å². The van der Waals surface area contributed by atoms with E-state index >= 15 is 0 Å². The molecular formula is C14H17ClN4. The van der Waals surface area contributed by atoms with Crippen LogP contribution in [0.1, 0.15) is 25.3 Å². The van der Waals surface area contributed by atoms with Gasteiger partial charge in [0.05, 0.1) is 0 Å². The predicted molar refractivity (Wildman–Crippen MR) is 79.8 cm³/mol. The molecule has 1 aromatic heterocycles. The second-order valence-corrected chi connectivity index (χ2v) is 4.75. The number of nitrogens with zero attached hydrogens (tertiary/aromatic N) is 2. The van der Waals surface area contributed by atoms with Crippen LogP contribution in [0.15, 0.2) is 30.3 Å². The molecule has 0 aliphatic rings. The van der Waals surface area contributed by atoms with Gasteiger partial charge in [-0.3, -0.25) is 0 Å². The Morgan fingerprint density at radius 3 is 2.58 bits per heavy atom. The van der Waals surface area contributed by atoms with Crippen LogP contribution in [0.3, 0.4) is 0 Å². The van der Waals surface area contributed by atoms with Crippen molar-refractivity contribution in [2.45, 2.75) is 26.2 Å². The minimum absolute atomic E-state index is 0.162. The summed E-state index contributed by atoms with van der Waals surface area (Å²) < 4.78 is 0. The Hall–Kier alpha value is -1.81. The number of aryl methyl sites for hydroxylation is 1. The highest BCUT2D eigenvalue weighted by molar-refractivity contribution is 6.29. The third kappa shape index (κ3) is 4.10. The average molecular weight is 277 g/mol. The minimum Gasteiger partial charge on any atom is -0.368 e. The number of hydrogen-bond donors (Lipinski definition) is 2. The summed E-state index contributed by atoms with van der Waals surface area (Å²) in [7, 11) is 0. The lowest BCUT2D eigenvalue weighted by Crippen LogP contribution is -2.00. The minimum atomic E-state index is 0.162. The fourth-order valence-corrected chi connectivity index (χ4v) is 1.97. The molecule has 0 spiro atoms. The Labute approximate surface area is 118 Å². The monoisotopic (exact) mass is 276 g/mol. The van der Waals surface area contributed by atoms with E-state index in [2.05, 4.69) is 34.3 Å². The summed E-state index contributed by atoms with van der Waals surface area (Å²) in [6.07, 6.45) is 3.53. The summed E-state index contributed by atoms with van der Waals surface area (Å²) in [6, 6.07) is 9.92. The van der Waals surface area contributed by atoms with Crippen molar-refractivity contribution in [1.29, 1.82) is 0 Å². The summed E-state index contributed by atoms with van der Waals surface area (Å²) in [4.78, 5) is 7.89. The van der Waals surface area contributed by atoms with Crippen LogP contribution in [0.5, 0.6) is 0 Å². The molecule has 0 aliphatic carbocycles. The van der Waals surface area contributed by atoms with E-state index < -0.39 is 0 Å². The van der Waals surface area contributed by atoms with Gasteiger partial charge in [-0.2, -0.15) is 4.98 Å². The largest absolute Gasteiger partial charge is 0.368 e. The number of unbranched alkanes of at least 4 members (excludes halogenated alkanes) is 1. The van der Waals surface area contributed by atoms with Crippen LogP contribution in [0, 0.1) is 0 Å². The molecule has 0 bridgehead atoms. The van der Waals surface area contributed by atoms with Gasteiger partial charge < -0.3 is 11.1 Å². The summed E-state index contributed by atoms with van der Waals surface area (Å²) in [5.41, 5.74) is 7.84. The molecule has 0 fully saturated rings. The zero-order chi connectivity index (χ0) is 13.7. The smallest absolute Gasteiger partial charge is 0.223 e. The third-order valence-corrected chi connectivity index (χ3v) is 2.95. The molecule has 0 unspecified atom stereocenters. The molecule has 5 heteroatoms. The lowest BCUT2D eigenvalue weighted by Gasteiger charge is -2.07. The lowest BCUT2D eigenvalue weighted by molar-refractivity contribution is 0.795. The van der Waals surface area contributed by atoms with E-state index in [9.17, 15) is 0 Å². The number of anilines is 3. The van der Waals surface area contributed by atoms with Gasteiger partial charge in [0.15, 0.2) is 0 Å². The van der Waals surface area contributed by atoms with Crippen molar-refractivity contribution in [3.05, 3.63) is 41.0 Å². The topological polar surface area (TPSA) is 63.8 Å². The molecule has 4 nitrogen and oxygen atoms in total. The second-order valence-electron chi connectivity index (χ2n) is 4.36. The highest BCUT2D eigenvalue weighted by Gasteiger charge is 2.01. The van der Waals surface area contributed by atoms with E-state index in [4.69, 9.17) is 17.3 Å². The molecule has 0 saturated carbocycles. The van der Waals surface area contributed by atoms with Crippen molar-refractivity contribution >= 4 is 29.1 Å². The first-order valence-corrected chi connectivity index (χ1v) is 6.71. The molecule has 0 atom stereocenters. The molecule has 0 saturated heterocycles. The number of aromatic nitrogens is 2. The fourth-order valence-electron chi connectivity index (χ4n) is 1.78. The highest BCUT2D eigenvalue weighted by atomic mass is 35.5. The van der Waals surface area contributed by atoms with Gasteiger partial charge in [0.1, 0.15) is 11.0 Å². The SMILES string of the molecule is CCCCc1ccc(Nc2cc(Cl)nc(N)n2)cc1. The fraction of sp³-hybridized carbons (Fsp3) is 0.286. The number of nitrogens with one attached hydrogen (secondary N) is 1. The zero-order valence-corrected chi connectivity index (χ0v) is 11.6. The second kappa shape index (κ2) is 6.38. The number of halogens is 1. The molecule has 100 valence electrons. The standard InChI is InChI=1S/C14H17ClN4/c1-2-3-4-10-5-7-11(8-6-10)17-13-9-12(15)18-14(16)19-13/h5-9H,2-4H2,1H3,(H3,16,17,18,19). The first kappa shape index (κ1) is 13.6. The molecule has 2 rings (SSSR count). The van der Waals surface area contributed by atoms with Crippen LogP contribution < -0.4 is 11.1 Å². The molecule has 1 aromatic carbocycles. The van der Waals surface area contributed by atoms with E-state index in [-0.39, 0.29) is 5.95 Å². The van der Waals surface area contributed by atoms with E-state index in [0.29, 0.717) is 11.0 Å². The van der Waals surface area contributed by atoms with Crippen LogP contribution >= 0.6 is 11.6 Å². The summed E-state index contributed by atoms with van der Waals surface area (Å²) in [5, 5.41) is 3.48. The molecular weight excluding hydrogens is 260 g/mol. The Kier molecular flexibility index (Phi) is 4.58. The van der Waals surface area contributed by atoms with Crippen LogP contribution in [0.4, 0.5) is 17.5 Å². The van der Waals surface area contributed by atoms with Crippen molar-refractivity contribution in [3.63, 3.8) is 0 Å². The van der Waals surface area contributed by atoms with Crippen LogP contribution in [0.2, 0.25) is 5.15 Å². The van der Waals surface area contributed by atoms with Gasteiger partial charge in [-0.1, -0.05) is 37.1 Å². The first-order valence-electron chi connectivity index (χ1n) is 6.33. The van der Waals surface area contributed by atoms with Gasteiger partial charge in [0.25, 0.3) is 0 Å². The number of benzene rings is 1. The van der Waals surface area contributed by atoms with Crippen molar-refractivity contribution in [2.24, 2.45) is 0 Å². The number of rotatable bonds is 5. The maximum atomic E-state index is 5.83. The molecule has 0 radical (unpaired) electrons. The molecule has 2 aromatic rings. The summed E-state index contributed by atoms with van der Waals surface area (Å²) >= 11 is 5.83. The van der Waals surface area contributed by atoms with Gasteiger partial charge in [-0.05, 0) is 30.5 Å². The van der Waals surface area contributed by atoms with Gasteiger partial charge in [-0.15, -0.1) is 0 Å². The van der Waals surface area contributed by atoms with Crippen LogP contribution in [0.25, 0.3) is 0 Å². The lowest BCUT2D eigenvalue weighted by atomic mass is 10.1. The Balaban J connectivity index is 2.06. The van der Waals surface area contributed by atoms with Crippen molar-refractivity contribution in [3.8, 4) is 0 Å². The number of nitrogen functional groups attached to an aromatic ring is 1. The van der Waals surface area contributed by atoms with E-state index in [1.54, 1.807) is 6.07 Å². The van der Waals surface area contributed by atoms with E-state index in [0.717, 1.165) is 12.1 Å². The normalized spacial score (nSPS) is 10.4. The predicted octanol–water partition coefficient (Wildman–Crippen LogP) is 3.80. The maximum absolute atomic E-state index is 5.83. The van der Waals surface area contributed by atoms with Crippen LogP contribution in [-0.4, -0.2) is 9.97 Å². The molecule has 0 aliphatic heterocycles. The Morgan fingerprint density at radius 2 is 1.95 bits per heavy atom. The zero-order valence-electron chi connectivity index (χ0n) is 10.9. The third-order valence-electron chi connectivity index (χ3n) is 2.76. The van der Waals surface area contributed by atoms with Crippen molar-refractivity contribution in [1.82, 2.24) is 9.97 Å². The maximum Gasteiger partial charge on any atom is 0.223 e. The van der Waals surface area contributed by atoms with Gasteiger partial charge >= 0.3 is 0 Å².